The fourth-order valence-electron chi connectivity index (χ4n) is 2.19. The summed E-state index contributed by atoms with van der Waals surface area (Å²) in [5.41, 5.74) is 1.03. The lowest BCUT2D eigenvalue weighted by atomic mass is 10.2. The summed E-state index contributed by atoms with van der Waals surface area (Å²) >= 11 is 1.66. The molecule has 0 amide bonds. The number of aromatic nitrogens is 2. The van der Waals surface area contributed by atoms with Crippen LogP contribution in [0, 0.1) is 6.92 Å². The molecule has 0 saturated heterocycles. The lowest BCUT2D eigenvalue weighted by Gasteiger charge is -2.23. The average Bonchev–Trinajstić information content (AvgIpc) is 3.27. The highest BCUT2D eigenvalue weighted by atomic mass is 32.2. The van der Waals surface area contributed by atoms with E-state index in [0.717, 1.165) is 23.0 Å². The molecule has 3 N–H and O–H groups in total. The maximum Gasteiger partial charge on any atom is 0.136 e. The van der Waals surface area contributed by atoms with Crippen molar-refractivity contribution in [2.75, 3.05) is 30.5 Å². The smallest absolute Gasteiger partial charge is 0.136 e. The summed E-state index contributed by atoms with van der Waals surface area (Å²) < 4.78 is 0. The van der Waals surface area contributed by atoms with E-state index in [9.17, 15) is 5.11 Å². The fourth-order valence-corrected chi connectivity index (χ4v) is 2.81. The molecular formula is C14H24N4OS. The van der Waals surface area contributed by atoms with Crippen molar-refractivity contribution >= 4 is 23.4 Å². The van der Waals surface area contributed by atoms with Gasteiger partial charge in [-0.2, -0.15) is 11.8 Å². The number of hydrogen-bond acceptors (Lipinski definition) is 6. The Kier molecular flexibility index (Phi) is 5.10. The number of nitrogens with one attached hydrogen (secondary N) is 2. The van der Waals surface area contributed by atoms with Crippen molar-refractivity contribution < 1.29 is 5.11 Å². The third kappa shape index (κ3) is 3.35. The molecule has 1 saturated carbocycles. The number of hydrogen-bond donors (Lipinski definition) is 3. The van der Waals surface area contributed by atoms with Gasteiger partial charge in [-0.25, -0.2) is 9.97 Å². The molecule has 1 aromatic rings. The summed E-state index contributed by atoms with van der Waals surface area (Å²) in [5, 5.41) is 16.1. The quantitative estimate of drug-likeness (QED) is 0.717. The number of rotatable bonds is 7. The maximum absolute atomic E-state index is 9.39. The summed E-state index contributed by atoms with van der Waals surface area (Å²) in [6, 6.07) is 0.153. The van der Waals surface area contributed by atoms with Gasteiger partial charge in [-0.1, -0.05) is 0 Å². The second kappa shape index (κ2) is 6.63. The first kappa shape index (κ1) is 15.4. The van der Waals surface area contributed by atoms with Crippen LogP contribution in [0.1, 0.15) is 37.1 Å². The second-order valence-electron chi connectivity index (χ2n) is 5.32. The molecule has 6 heteroatoms. The molecule has 1 aliphatic rings. The van der Waals surface area contributed by atoms with E-state index in [4.69, 9.17) is 0 Å². The van der Waals surface area contributed by atoms with E-state index >= 15 is 0 Å². The highest BCUT2D eigenvalue weighted by Gasteiger charge is 2.28. The van der Waals surface area contributed by atoms with E-state index in [2.05, 4.69) is 27.5 Å². The van der Waals surface area contributed by atoms with Crippen LogP contribution in [0.4, 0.5) is 11.6 Å². The normalized spacial score (nSPS) is 17.6. The van der Waals surface area contributed by atoms with Crippen molar-refractivity contribution in [2.45, 2.75) is 43.9 Å². The van der Waals surface area contributed by atoms with Gasteiger partial charge < -0.3 is 15.7 Å². The zero-order valence-corrected chi connectivity index (χ0v) is 13.4. The summed E-state index contributed by atoms with van der Waals surface area (Å²) in [4.78, 5) is 9.27. The molecule has 2 atom stereocenters. The topological polar surface area (TPSA) is 70.1 Å². The minimum Gasteiger partial charge on any atom is -0.395 e. The lowest BCUT2D eigenvalue weighted by Crippen LogP contribution is -2.31. The Bertz CT molecular complexity index is 461. The van der Waals surface area contributed by atoms with Gasteiger partial charge >= 0.3 is 0 Å². The second-order valence-corrected chi connectivity index (χ2v) is 6.39. The third-order valence-electron chi connectivity index (χ3n) is 3.75. The van der Waals surface area contributed by atoms with E-state index in [1.807, 2.05) is 20.2 Å². The van der Waals surface area contributed by atoms with E-state index in [-0.39, 0.29) is 17.9 Å². The standard InChI is InChI=1S/C14H24N4OS/c1-8-12(15-3)17-14(10-5-6-10)18-13(8)16-9(2)11(7-19)20-4/h9-11,19H,5-7H2,1-4H3,(H2,15,16,17,18). The van der Waals surface area contributed by atoms with Crippen LogP contribution in [0.15, 0.2) is 0 Å². The average molecular weight is 296 g/mol. The predicted molar refractivity (Wildman–Crippen MR) is 85.8 cm³/mol. The molecule has 2 unspecified atom stereocenters. The highest BCUT2D eigenvalue weighted by Crippen LogP contribution is 2.39. The van der Waals surface area contributed by atoms with Crippen molar-refractivity contribution in [2.24, 2.45) is 0 Å². The fraction of sp³-hybridized carbons (Fsp3) is 0.714. The summed E-state index contributed by atoms with van der Waals surface area (Å²) in [6.07, 6.45) is 4.39. The van der Waals surface area contributed by atoms with Gasteiger partial charge in [0.1, 0.15) is 17.5 Å². The predicted octanol–water partition coefficient (Wildman–Crippen LogP) is 2.23. The van der Waals surface area contributed by atoms with Gasteiger partial charge in [0.15, 0.2) is 0 Å². The van der Waals surface area contributed by atoms with Crippen molar-refractivity contribution in [3.05, 3.63) is 11.4 Å². The number of anilines is 2. The number of aliphatic hydroxyl groups is 1. The van der Waals surface area contributed by atoms with E-state index in [1.54, 1.807) is 11.8 Å². The van der Waals surface area contributed by atoms with Crippen molar-refractivity contribution in [1.82, 2.24) is 9.97 Å². The zero-order chi connectivity index (χ0) is 14.7. The van der Waals surface area contributed by atoms with Crippen LogP contribution in [0.5, 0.6) is 0 Å². The van der Waals surface area contributed by atoms with Gasteiger partial charge in [-0.05, 0) is 32.9 Å². The number of aliphatic hydroxyl groups excluding tert-OH is 1. The highest BCUT2D eigenvalue weighted by molar-refractivity contribution is 7.99. The lowest BCUT2D eigenvalue weighted by molar-refractivity contribution is 0.288. The first-order chi connectivity index (χ1) is 9.60. The van der Waals surface area contributed by atoms with Crippen LogP contribution in [0.25, 0.3) is 0 Å². The molecule has 5 nitrogen and oxygen atoms in total. The summed E-state index contributed by atoms with van der Waals surface area (Å²) in [5.74, 6) is 3.22. The van der Waals surface area contributed by atoms with E-state index in [1.165, 1.54) is 12.8 Å². The van der Waals surface area contributed by atoms with E-state index < -0.39 is 0 Å². The van der Waals surface area contributed by atoms with Crippen molar-refractivity contribution in [3.63, 3.8) is 0 Å². The molecular weight excluding hydrogens is 272 g/mol. The largest absolute Gasteiger partial charge is 0.395 e. The molecule has 2 rings (SSSR count). The molecule has 0 aliphatic heterocycles. The molecule has 1 aliphatic carbocycles. The Labute approximate surface area is 125 Å². The van der Waals surface area contributed by atoms with Crippen LogP contribution >= 0.6 is 11.8 Å². The van der Waals surface area contributed by atoms with Gasteiger partial charge in [-0.15, -0.1) is 0 Å². The Morgan fingerprint density at radius 2 is 2.00 bits per heavy atom. The van der Waals surface area contributed by atoms with Gasteiger partial charge in [0.05, 0.1) is 6.61 Å². The van der Waals surface area contributed by atoms with Crippen molar-refractivity contribution in [1.29, 1.82) is 0 Å². The monoisotopic (exact) mass is 296 g/mol. The maximum atomic E-state index is 9.39. The molecule has 0 bridgehead atoms. The SMILES string of the molecule is CNc1nc(C2CC2)nc(NC(C)C(CO)SC)c1C. The van der Waals surface area contributed by atoms with Crippen LogP contribution in [-0.4, -0.2) is 46.3 Å². The Balaban J connectivity index is 2.23. The van der Waals surface area contributed by atoms with Gasteiger partial charge in [0.2, 0.25) is 0 Å². The first-order valence-electron chi connectivity index (χ1n) is 7.07. The van der Waals surface area contributed by atoms with Crippen molar-refractivity contribution in [3.8, 4) is 0 Å². The van der Waals surface area contributed by atoms with Crippen LogP contribution in [-0.2, 0) is 0 Å². The number of thioether (sulfide) groups is 1. The third-order valence-corrected chi connectivity index (χ3v) is 4.91. The molecule has 0 radical (unpaired) electrons. The van der Waals surface area contributed by atoms with Gasteiger partial charge in [-0.3, -0.25) is 0 Å². The summed E-state index contributed by atoms with van der Waals surface area (Å²) in [7, 11) is 1.89. The molecule has 20 heavy (non-hydrogen) atoms. The molecule has 1 heterocycles. The molecule has 1 aromatic heterocycles. The Morgan fingerprint density at radius 1 is 1.35 bits per heavy atom. The number of nitrogens with zero attached hydrogens (tertiary/aromatic N) is 2. The van der Waals surface area contributed by atoms with Crippen LogP contribution < -0.4 is 10.6 Å². The van der Waals surface area contributed by atoms with Gasteiger partial charge in [0.25, 0.3) is 0 Å². The van der Waals surface area contributed by atoms with Crippen LogP contribution in [0.2, 0.25) is 0 Å². The van der Waals surface area contributed by atoms with Gasteiger partial charge in [0, 0.05) is 29.8 Å². The summed E-state index contributed by atoms with van der Waals surface area (Å²) in [6.45, 7) is 4.26. The minimum absolute atomic E-state index is 0.153. The molecule has 0 aromatic carbocycles. The first-order valence-corrected chi connectivity index (χ1v) is 8.36. The van der Waals surface area contributed by atoms with E-state index in [0.29, 0.717) is 5.92 Å². The molecule has 1 fully saturated rings. The minimum atomic E-state index is 0.153. The molecule has 112 valence electrons. The zero-order valence-electron chi connectivity index (χ0n) is 12.6. The Hall–Kier alpha value is -1.01. The van der Waals surface area contributed by atoms with Crippen LogP contribution in [0.3, 0.4) is 0 Å². The molecule has 0 spiro atoms. The Morgan fingerprint density at radius 3 is 2.50 bits per heavy atom.